The summed E-state index contributed by atoms with van der Waals surface area (Å²) in [5.41, 5.74) is 2.43. The molecule has 148 valence electrons. The van der Waals surface area contributed by atoms with Crippen molar-refractivity contribution in [2.24, 2.45) is 0 Å². The number of aryl methyl sites for hydroxylation is 2. The van der Waals surface area contributed by atoms with Gasteiger partial charge in [0.25, 0.3) is 11.7 Å². The molecule has 1 fully saturated rings. The number of aliphatic hydroxyl groups excluding tert-OH is 1. The van der Waals surface area contributed by atoms with Crippen LogP contribution in [0.4, 0.5) is 0 Å². The first-order chi connectivity index (χ1) is 13.3. The number of ketones is 1. The van der Waals surface area contributed by atoms with Crippen LogP contribution in [0.3, 0.4) is 0 Å². The fourth-order valence-electron chi connectivity index (χ4n) is 3.59. The largest absolute Gasteiger partial charge is 0.507 e. The lowest BCUT2D eigenvalue weighted by molar-refractivity contribution is -0.139. The monoisotopic (exact) mass is 383 g/mol. The van der Waals surface area contributed by atoms with Gasteiger partial charge in [0.1, 0.15) is 5.76 Å². The number of hydrogen-bond acceptors (Lipinski definition) is 6. The second kappa shape index (κ2) is 7.93. The second-order valence-electron chi connectivity index (χ2n) is 7.24. The highest BCUT2D eigenvalue weighted by molar-refractivity contribution is 6.46. The Morgan fingerprint density at radius 3 is 2.64 bits per heavy atom. The third kappa shape index (κ3) is 3.55. The standard InChI is InChI=1S/C20H25N5O3/c1-12-15(13(2)23-22-12)18(26)16-17(14-7-5-8-21-11-14)25(20(28)19(16)27)10-6-9-24(3)4/h5,7-8,11,17,26H,6,9-10H2,1-4H3,(H,22,23)/b18-16+/t17-/m1/s1. The van der Waals surface area contributed by atoms with Crippen molar-refractivity contribution < 1.29 is 14.7 Å². The summed E-state index contributed by atoms with van der Waals surface area (Å²) < 4.78 is 0. The number of Topliss-reactive ketones (excluding diaryl/α,β-unsaturated/α-hetero) is 1. The zero-order chi connectivity index (χ0) is 20.4. The van der Waals surface area contributed by atoms with Crippen molar-refractivity contribution in [2.45, 2.75) is 26.3 Å². The number of H-pyrrole nitrogens is 1. The van der Waals surface area contributed by atoms with Crippen LogP contribution in [0.15, 0.2) is 30.1 Å². The summed E-state index contributed by atoms with van der Waals surface area (Å²) in [6, 6.07) is 2.89. The van der Waals surface area contributed by atoms with Crippen LogP contribution in [0.1, 0.15) is 35.0 Å². The molecule has 8 heteroatoms. The molecule has 1 aliphatic heterocycles. The quantitative estimate of drug-likeness (QED) is 0.448. The Morgan fingerprint density at radius 1 is 1.32 bits per heavy atom. The van der Waals surface area contributed by atoms with Gasteiger partial charge in [-0.15, -0.1) is 0 Å². The van der Waals surface area contributed by atoms with E-state index in [0.717, 1.165) is 6.54 Å². The minimum atomic E-state index is -0.684. The molecule has 1 aliphatic rings. The van der Waals surface area contributed by atoms with E-state index < -0.39 is 17.7 Å². The fraction of sp³-hybridized carbons (Fsp3) is 0.400. The lowest BCUT2D eigenvalue weighted by Crippen LogP contribution is -2.32. The van der Waals surface area contributed by atoms with E-state index in [1.807, 2.05) is 25.1 Å². The van der Waals surface area contributed by atoms with E-state index in [2.05, 4.69) is 15.2 Å². The third-order valence-corrected chi connectivity index (χ3v) is 4.91. The highest BCUT2D eigenvalue weighted by atomic mass is 16.3. The van der Waals surface area contributed by atoms with Crippen LogP contribution in [0.25, 0.3) is 5.76 Å². The van der Waals surface area contributed by atoms with Gasteiger partial charge in [-0.25, -0.2) is 0 Å². The zero-order valence-electron chi connectivity index (χ0n) is 16.6. The highest BCUT2D eigenvalue weighted by Gasteiger charge is 2.46. The molecule has 28 heavy (non-hydrogen) atoms. The molecule has 0 bridgehead atoms. The number of pyridine rings is 1. The molecule has 0 radical (unpaired) electrons. The predicted octanol–water partition coefficient (Wildman–Crippen LogP) is 1.79. The minimum absolute atomic E-state index is 0.0791. The number of carbonyl (C=O) groups is 2. The van der Waals surface area contributed by atoms with Gasteiger partial charge in [-0.3, -0.25) is 19.7 Å². The smallest absolute Gasteiger partial charge is 0.295 e. The van der Waals surface area contributed by atoms with Crippen molar-refractivity contribution >= 4 is 17.4 Å². The molecule has 2 N–H and O–H groups in total. The number of rotatable bonds is 6. The highest BCUT2D eigenvalue weighted by Crippen LogP contribution is 2.39. The lowest BCUT2D eigenvalue weighted by Gasteiger charge is -2.25. The first kappa shape index (κ1) is 19.8. The molecule has 0 aromatic carbocycles. The van der Waals surface area contributed by atoms with Gasteiger partial charge in [-0.05, 0) is 52.5 Å². The Labute approximate surface area is 163 Å². The number of nitrogens with one attached hydrogen (secondary N) is 1. The van der Waals surface area contributed by atoms with Gasteiger partial charge < -0.3 is 14.9 Å². The molecular weight excluding hydrogens is 358 g/mol. The van der Waals surface area contributed by atoms with Crippen LogP contribution in [0, 0.1) is 13.8 Å². The van der Waals surface area contributed by atoms with Crippen molar-refractivity contribution in [1.29, 1.82) is 0 Å². The Morgan fingerprint density at radius 2 is 2.07 bits per heavy atom. The maximum Gasteiger partial charge on any atom is 0.295 e. The number of likely N-dealkylation sites (tertiary alicyclic amines) is 1. The predicted molar refractivity (Wildman–Crippen MR) is 104 cm³/mol. The summed E-state index contributed by atoms with van der Waals surface area (Å²) in [6.45, 7) is 4.69. The molecule has 2 aromatic rings. The molecular formula is C20H25N5O3. The summed E-state index contributed by atoms with van der Waals surface area (Å²) in [5.74, 6) is -1.49. The van der Waals surface area contributed by atoms with E-state index >= 15 is 0 Å². The molecule has 8 nitrogen and oxygen atoms in total. The second-order valence-corrected chi connectivity index (χ2v) is 7.24. The SMILES string of the molecule is Cc1n[nH]c(C)c1/C(O)=C1\C(=O)C(=O)N(CCCN(C)C)[C@@H]1c1cccnc1. The van der Waals surface area contributed by atoms with Gasteiger partial charge in [-0.1, -0.05) is 6.07 Å². The maximum atomic E-state index is 12.9. The van der Waals surface area contributed by atoms with Crippen LogP contribution in [-0.4, -0.2) is 69.0 Å². The summed E-state index contributed by atoms with van der Waals surface area (Å²) >= 11 is 0. The number of nitrogens with zero attached hydrogens (tertiary/aromatic N) is 4. The number of aromatic amines is 1. The summed E-state index contributed by atoms with van der Waals surface area (Å²) in [7, 11) is 3.91. The molecule has 0 unspecified atom stereocenters. The minimum Gasteiger partial charge on any atom is -0.507 e. The van der Waals surface area contributed by atoms with Crippen LogP contribution in [-0.2, 0) is 9.59 Å². The molecule has 0 spiro atoms. The fourth-order valence-corrected chi connectivity index (χ4v) is 3.59. The van der Waals surface area contributed by atoms with E-state index in [1.54, 1.807) is 32.3 Å². The summed E-state index contributed by atoms with van der Waals surface area (Å²) in [6.07, 6.45) is 3.96. The van der Waals surface area contributed by atoms with E-state index in [1.165, 1.54) is 4.90 Å². The van der Waals surface area contributed by atoms with E-state index in [0.29, 0.717) is 35.5 Å². The van der Waals surface area contributed by atoms with Crippen molar-refractivity contribution in [1.82, 2.24) is 25.0 Å². The molecule has 3 heterocycles. The van der Waals surface area contributed by atoms with Crippen LogP contribution >= 0.6 is 0 Å². The average molecular weight is 383 g/mol. The number of amides is 1. The molecule has 3 rings (SSSR count). The van der Waals surface area contributed by atoms with Gasteiger partial charge in [-0.2, -0.15) is 5.10 Å². The number of aliphatic hydroxyl groups is 1. The van der Waals surface area contributed by atoms with Crippen LogP contribution in [0.5, 0.6) is 0 Å². The van der Waals surface area contributed by atoms with Crippen LogP contribution in [0.2, 0.25) is 0 Å². The van der Waals surface area contributed by atoms with Gasteiger partial charge in [0.15, 0.2) is 0 Å². The van der Waals surface area contributed by atoms with Crippen molar-refractivity contribution in [3.05, 3.63) is 52.6 Å². The summed E-state index contributed by atoms with van der Waals surface area (Å²) in [5, 5.41) is 17.9. The Kier molecular flexibility index (Phi) is 5.60. The molecule has 1 saturated heterocycles. The molecule has 0 aliphatic carbocycles. The third-order valence-electron chi connectivity index (χ3n) is 4.91. The van der Waals surface area contributed by atoms with Crippen molar-refractivity contribution in [2.75, 3.05) is 27.2 Å². The molecule has 0 saturated carbocycles. The lowest BCUT2D eigenvalue weighted by atomic mass is 9.95. The van der Waals surface area contributed by atoms with Gasteiger partial charge in [0.05, 0.1) is 22.9 Å². The number of aromatic nitrogens is 3. The first-order valence-electron chi connectivity index (χ1n) is 9.18. The number of hydrogen-bond donors (Lipinski definition) is 2. The first-order valence-corrected chi connectivity index (χ1v) is 9.18. The number of carbonyl (C=O) groups excluding carboxylic acids is 2. The Hall–Kier alpha value is -3.00. The molecule has 1 amide bonds. The van der Waals surface area contributed by atoms with Gasteiger partial charge >= 0.3 is 0 Å². The maximum absolute atomic E-state index is 12.9. The topological polar surface area (TPSA) is 102 Å². The normalized spacial score (nSPS) is 19.0. The van der Waals surface area contributed by atoms with E-state index in [4.69, 9.17) is 0 Å². The van der Waals surface area contributed by atoms with Gasteiger partial charge in [0.2, 0.25) is 0 Å². The van der Waals surface area contributed by atoms with Crippen LogP contribution < -0.4 is 0 Å². The molecule has 2 aromatic heterocycles. The summed E-state index contributed by atoms with van der Waals surface area (Å²) in [4.78, 5) is 33.4. The van der Waals surface area contributed by atoms with Crippen molar-refractivity contribution in [3.8, 4) is 0 Å². The van der Waals surface area contributed by atoms with E-state index in [-0.39, 0.29) is 11.3 Å². The Bertz CT molecular complexity index is 898. The van der Waals surface area contributed by atoms with E-state index in [9.17, 15) is 14.7 Å². The average Bonchev–Trinajstić information content (AvgIpc) is 3.12. The molecule has 1 atom stereocenters. The van der Waals surface area contributed by atoms with Crippen molar-refractivity contribution in [3.63, 3.8) is 0 Å². The Balaban J connectivity index is 2.10. The van der Waals surface area contributed by atoms with Gasteiger partial charge in [0, 0.05) is 24.6 Å². The zero-order valence-corrected chi connectivity index (χ0v) is 16.6.